The van der Waals surface area contributed by atoms with Gasteiger partial charge in [-0.2, -0.15) is 5.26 Å². The Morgan fingerprint density at radius 2 is 2.00 bits per heavy atom. The van der Waals surface area contributed by atoms with Gasteiger partial charge in [-0.05, 0) is 18.3 Å². The highest BCUT2D eigenvalue weighted by Gasteiger charge is 2.65. The molecule has 0 aromatic carbocycles. The fourth-order valence-corrected chi connectivity index (χ4v) is 2.24. The Labute approximate surface area is 101 Å². The van der Waals surface area contributed by atoms with Gasteiger partial charge in [0.25, 0.3) is 0 Å². The number of hydrogen-bond donors (Lipinski definition) is 2. The van der Waals surface area contributed by atoms with Gasteiger partial charge in [-0.25, -0.2) is 0 Å². The van der Waals surface area contributed by atoms with Gasteiger partial charge < -0.3 is 10.4 Å². The molecule has 0 radical (unpaired) electrons. The molecule has 0 aliphatic heterocycles. The summed E-state index contributed by atoms with van der Waals surface area (Å²) in [5, 5.41) is 20.0. The first-order chi connectivity index (χ1) is 7.92. The molecule has 1 aliphatic carbocycles. The van der Waals surface area contributed by atoms with E-state index in [0.29, 0.717) is 13.0 Å². The Bertz CT molecular complexity index is 357. The highest BCUT2D eigenvalue weighted by atomic mass is 16.4. The zero-order valence-electron chi connectivity index (χ0n) is 10.2. The molecule has 1 saturated carbocycles. The molecule has 0 aromatic rings. The van der Waals surface area contributed by atoms with Crippen LogP contribution in [0.2, 0.25) is 0 Å². The number of carboxylic acids is 1. The number of rotatable bonds is 6. The summed E-state index contributed by atoms with van der Waals surface area (Å²) in [6.45, 7) is 4.11. The van der Waals surface area contributed by atoms with E-state index in [1.807, 2.05) is 6.07 Å². The maximum absolute atomic E-state index is 11.7. The minimum absolute atomic E-state index is 0.181. The van der Waals surface area contributed by atoms with Crippen LogP contribution in [0.1, 0.15) is 33.1 Å². The normalized spacial score (nSPS) is 24.8. The number of carboxylic acid groups (broad SMARTS) is 1. The largest absolute Gasteiger partial charge is 0.481 e. The molecular formula is C12H18N2O3. The monoisotopic (exact) mass is 238 g/mol. The number of unbranched alkanes of at least 4 members (excludes halogenated alkanes) is 2. The van der Waals surface area contributed by atoms with Crippen molar-refractivity contribution in [3.8, 4) is 6.07 Å². The van der Waals surface area contributed by atoms with E-state index in [9.17, 15) is 9.59 Å². The Balaban J connectivity index is 2.31. The van der Waals surface area contributed by atoms with Crippen LogP contribution in [0.15, 0.2) is 0 Å². The van der Waals surface area contributed by atoms with Crippen molar-refractivity contribution >= 4 is 11.9 Å². The second-order valence-electron chi connectivity index (χ2n) is 5.02. The first-order valence-corrected chi connectivity index (χ1v) is 5.80. The Hall–Kier alpha value is -1.57. The minimum atomic E-state index is -0.903. The van der Waals surface area contributed by atoms with E-state index in [4.69, 9.17) is 10.4 Å². The number of hydrogen-bond acceptors (Lipinski definition) is 3. The summed E-state index contributed by atoms with van der Waals surface area (Å²) < 4.78 is 0. The van der Waals surface area contributed by atoms with Crippen molar-refractivity contribution in [3.63, 3.8) is 0 Å². The van der Waals surface area contributed by atoms with E-state index >= 15 is 0 Å². The molecule has 17 heavy (non-hydrogen) atoms. The van der Waals surface area contributed by atoms with E-state index in [0.717, 1.165) is 12.8 Å². The van der Waals surface area contributed by atoms with E-state index < -0.39 is 23.2 Å². The van der Waals surface area contributed by atoms with Crippen LogP contribution < -0.4 is 5.32 Å². The molecule has 5 heteroatoms. The lowest BCUT2D eigenvalue weighted by Gasteiger charge is -2.04. The van der Waals surface area contributed by atoms with Crippen LogP contribution in [0.5, 0.6) is 0 Å². The predicted octanol–water partition coefficient (Wildman–Crippen LogP) is 1.15. The summed E-state index contributed by atoms with van der Waals surface area (Å²) in [5.74, 6) is -2.07. The van der Waals surface area contributed by atoms with Crippen LogP contribution in [0, 0.1) is 28.6 Å². The smallest absolute Gasteiger partial charge is 0.307 e. The molecule has 1 rings (SSSR count). The summed E-state index contributed by atoms with van der Waals surface area (Å²) in [6, 6.07) is 2.04. The summed E-state index contributed by atoms with van der Waals surface area (Å²) in [7, 11) is 0. The third kappa shape index (κ3) is 2.96. The molecule has 0 heterocycles. The van der Waals surface area contributed by atoms with Crippen LogP contribution in [-0.4, -0.2) is 23.5 Å². The fourth-order valence-electron chi connectivity index (χ4n) is 2.24. The van der Waals surface area contributed by atoms with Crippen LogP contribution in [0.3, 0.4) is 0 Å². The van der Waals surface area contributed by atoms with Gasteiger partial charge in [0.15, 0.2) is 0 Å². The van der Waals surface area contributed by atoms with Gasteiger partial charge in [-0.1, -0.05) is 13.8 Å². The molecule has 0 bridgehead atoms. The van der Waals surface area contributed by atoms with Gasteiger partial charge in [0.05, 0.1) is 17.9 Å². The van der Waals surface area contributed by atoms with E-state index in [1.165, 1.54) is 0 Å². The van der Waals surface area contributed by atoms with Crippen molar-refractivity contribution in [1.82, 2.24) is 5.32 Å². The molecule has 0 saturated heterocycles. The van der Waals surface area contributed by atoms with Crippen molar-refractivity contribution in [2.75, 3.05) is 6.54 Å². The third-order valence-electron chi connectivity index (χ3n) is 3.39. The van der Waals surface area contributed by atoms with Gasteiger partial charge >= 0.3 is 5.97 Å². The van der Waals surface area contributed by atoms with Gasteiger partial charge in [-0.15, -0.1) is 0 Å². The summed E-state index contributed by atoms with van der Waals surface area (Å²) in [6.07, 6.45) is 2.00. The molecule has 0 aromatic heterocycles. The molecule has 2 N–H and O–H groups in total. The first-order valence-electron chi connectivity index (χ1n) is 5.80. The highest BCUT2D eigenvalue weighted by molar-refractivity contribution is 5.91. The average molecular weight is 238 g/mol. The van der Waals surface area contributed by atoms with E-state index in [1.54, 1.807) is 13.8 Å². The SMILES string of the molecule is CC1(C)C(C(=O)O)C1C(=O)NCCCCC#N. The average Bonchev–Trinajstić information content (AvgIpc) is 2.81. The van der Waals surface area contributed by atoms with Crippen LogP contribution in [0.25, 0.3) is 0 Å². The highest BCUT2D eigenvalue weighted by Crippen LogP contribution is 2.58. The molecule has 1 amide bonds. The number of carbonyl (C=O) groups excluding carboxylic acids is 1. The van der Waals surface area contributed by atoms with Crippen molar-refractivity contribution in [2.45, 2.75) is 33.1 Å². The molecule has 2 atom stereocenters. The maximum Gasteiger partial charge on any atom is 0.307 e. The maximum atomic E-state index is 11.7. The summed E-state index contributed by atoms with van der Waals surface area (Å²) in [4.78, 5) is 22.6. The van der Waals surface area contributed by atoms with Crippen LogP contribution in [0.4, 0.5) is 0 Å². The second-order valence-corrected chi connectivity index (χ2v) is 5.02. The lowest BCUT2D eigenvalue weighted by molar-refractivity contribution is -0.140. The van der Waals surface area contributed by atoms with Gasteiger partial charge in [0, 0.05) is 13.0 Å². The summed E-state index contributed by atoms with van der Waals surface area (Å²) in [5.41, 5.74) is -0.442. The molecule has 1 aliphatic rings. The van der Waals surface area contributed by atoms with Gasteiger partial charge in [0.1, 0.15) is 0 Å². The second kappa shape index (κ2) is 5.17. The summed E-state index contributed by atoms with van der Waals surface area (Å²) >= 11 is 0. The number of nitrogens with zero attached hydrogens (tertiary/aromatic N) is 1. The number of aliphatic carboxylic acids is 1. The standard InChI is InChI=1S/C12H18N2O3/c1-12(2)8(9(12)11(16)17)10(15)14-7-5-3-4-6-13/h8-9H,3-5,7H2,1-2H3,(H,14,15)(H,16,17). The lowest BCUT2D eigenvalue weighted by atomic mass is 10.1. The van der Waals surface area contributed by atoms with E-state index in [2.05, 4.69) is 5.32 Å². The number of nitriles is 1. The zero-order chi connectivity index (χ0) is 13.1. The van der Waals surface area contributed by atoms with Gasteiger partial charge in [-0.3, -0.25) is 9.59 Å². The molecular weight excluding hydrogens is 220 g/mol. The zero-order valence-corrected chi connectivity index (χ0v) is 10.2. The van der Waals surface area contributed by atoms with Crippen LogP contribution >= 0.6 is 0 Å². The van der Waals surface area contributed by atoms with Gasteiger partial charge in [0.2, 0.25) is 5.91 Å². The van der Waals surface area contributed by atoms with Crippen molar-refractivity contribution < 1.29 is 14.7 Å². The number of carbonyl (C=O) groups is 2. The van der Waals surface area contributed by atoms with Crippen LogP contribution in [-0.2, 0) is 9.59 Å². The van der Waals surface area contributed by atoms with Crippen molar-refractivity contribution in [1.29, 1.82) is 5.26 Å². The van der Waals surface area contributed by atoms with E-state index in [-0.39, 0.29) is 5.91 Å². The molecule has 5 nitrogen and oxygen atoms in total. The number of amides is 1. The number of nitrogens with one attached hydrogen (secondary N) is 1. The molecule has 0 spiro atoms. The Morgan fingerprint density at radius 1 is 1.35 bits per heavy atom. The Morgan fingerprint density at radius 3 is 2.47 bits per heavy atom. The fraction of sp³-hybridized carbons (Fsp3) is 0.750. The molecule has 2 unspecified atom stereocenters. The lowest BCUT2D eigenvalue weighted by Crippen LogP contribution is -2.28. The molecule has 94 valence electrons. The molecule has 1 fully saturated rings. The van der Waals surface area contributed by atoms with Crippen molar-refractivity contribution in [3.05, 3.63) is 0 Å². The Kier molecular flexibility index (Phi) is 4.11. The quantitative estimate of drug-likeness (QED) is 0.679. The third-order valence-corrected chi connectivity index (χ3v) is 3.39. The first kappa shape index (κ1) is 13.5. The van der Waals surface area contributed by atoms with Crippen molar-refractivity contribution in [2.24, 2.45) is 17.3 Å². The minimum Gasteiger partial charge on any atom is -0.481 e. The predicted molar refractivity (Wildman–Crippen MR) is 60.9 cm³/mol. The topological polar surface area (TPSA) is 90.2 Å².